The zero-order valence-corrected chi connectivity index (χ0v) is 16.0. The molecule has 0 aliphatic heterocycles. The van der Waals surface area contributed by atoms with Crippen LogP contribution >= 0.6 is 0 Å². The SMILES string of the molecule is NC(=O)C1(n2cc([C@@H](CCC3CCCCC3)C3CCCCC3)nn2)CC1. The average Bonchev–Trinajstić information content (AvgIpc) is 3.36. The van der Waals surface area contributed by atoms with Gasteiger partial charge in [0.15, 0.2) is 0 Å². The Morgan fingerprint density at radius 3 is 2.38 bits per heavy atom. The molecular weight excluding hydrogens is 324 g/mol. The number of hydrogen-bond acceptors (Lipinski definition) is 3. The number of nitrogens with zero attached hydrogens (tertiary/aromatic N) is 3. The second-order valence-electron chi connectivity index (χ2n) is 9.07. The van der Waals surface area contributed by atoms with Crippen LogP contribution in [0, 0.1) is 11.8 Å². The highest BCUT2D eigenvalue weighted by atomic mass is 16.2. The van der Waals surface area contributed by atoms with Crippen molar-refractivity contribution in [2.75, 3.05) is 0 Å². The second-order valence-corrected chi connectivity index (χ2v) is 9.07. The van der Waals surface area contributed by atoms with Crippen molar-refractivity contribution in [1.29, 1.82) is 0 Å². The predicted molar refractivity (Wildman–Crippen MR) is 102 cm³/mol. The van der Waals surface area contributed by atoms with E-state index in [2.05, 4.69) is 16.5 Å². The Morgan fingerprint density at radius 1 is 1.12 bits per heavy atom. The third-order valence-electron chi connectivity index (χ3n) is 7.34. The minimum absolute atomic E-state index is 0.259. The molecule has 2 N–H and O–H groups in total. The van der Waals surface area contributed by atoms with Crippen LogP contribution in [-0.2, 0) is 10.3 Å². The Hall–Kier alpha value is -1.39. The fraction of sp³-hybridized carbons (Fsp3) is 0.857. The smallest absolute Gasteiger partial charge is 0.245 e. The van der Waals surface area contributed by atoms with Gasteiger partial charge in [0.1, 0.15) is 5.54 Å². The van der Waals surface area contributed by atoms with E-state index in [9.17, 15) is 4.79 Å². The van der Waals surface area contributed by atoms with Gasteiger partial charge >= 0.3 is 0 Å². The molecule has 0 saturated heterocycles. The van der Waals surface area contributed by atoms with Crippen LogP contribution in [-0.4, -0.2) is 20.9 Å². The predicted octanol–water partition coefficient (Wildman–Crippen LogP) is 4.28. The van der Waals surface area contributed by atoms with E-state index in [4.69, 9.17) is 5.73 Å². The van der Waals surface area contributed by atoms with Gasteiger partial charge in [0.25, 0.3) is 0 Å². The molecule has 0 bridgehead atoms. The minimum atomic E-state index is -0.578. The number of carbonyl (C=O) groups excluding carboxylic acids is 1. The summed E-state index contributed by atoms with van der Waals surface area (Å²) in [6.07, 6.45) is 20.0. The van der Waals surface area contributed by atoms with Gasteiger partial charge in [-0.05, 0) is 50.4 Å². The summed E-state index contributed by atoms with van der Waals surface area (Å²) in [4.78, 5) is 11.8. The standard InChI is InChI=1S/C21H34N4O/c22-20(26)21(13-14-21)25-15-19(23-24-25)18(17-9-5-2-6-10-17)12-11-16-7-3-1-4-8-16/h15-18H,1-14H2,(H2,22,26)/t18-/m0/s1. The Kier molecular flexibility index (Phi) is 5.32. The summed E-state index contributed by atoms with van der Waals surface area (Å²) < 4.78 is 1.78. The molecule has 1 aromatic rings. The van der Waals surface area contributed by atoms with Gasteiger partial charge in [0, 0.05) is 12.1 Å². The number of primary amides is 1. The Bertz CT molecular complexity index is 609. The van der Waals surface area contributed by atoms with Crippen LogP contribution in [0.1, 0.15) is 102 Å². The van der Waals surface area contributed by atoms with Crippen molar-refractivity contribution in [3.63, 3.8) is 0 Å². The van der Waals surface area contributed by atoms with Gasteiger partial charge in [-0.15, -0.1) is 5.10 Å². The number of rotatable bonds is 7. The highest BCUT2D eigenvalue weighted by molar-refractivity contribution is 5.85. The molecule has 4 rings (SSSR count). The van der Waals surface area contributed by atoms with Crippen molar-refractivity contribution in [2.45, 2.75) is 101 Å². The molecular formula is C21H34N4O. The van der Waals surface area contributed by atoms with Crippen LogP contribution in [0.5, 0.6) is 0 Å². The number of nitrogens with two attached hydrogens (primary N) is 1. The van der Waals surface area contributed by atoms with Crippen LogP contribution < -0.4 is 5.73 Å². The Labute approximate surface area is 157 Å². The van der Waals surface area contributed by atoms with E-state index in [1.54, 1.807) is 4.68 Å². The van der Waals surface area contributed by atoms with Gasteiger partial charge in [-0.1, -0.05) is 56.6 Å². The van der Waals surface area contributed by atoms with Crippen LogP contribution in [0.2, 0.25) is 0 Å². The first-order valence-corrected chi connectivity index (χ1v) is 10.9. The van der Waals surface area contributed by atoms with E-state index in [0.717, 1.165) is 30.4 Å². The van der Waals surface area contributed by atoms with Crippen LogP contribution in [0.3, 0.4) is 0 Å². The van der Waals surface area contributed by atoms with Crippen LogP contribution in [0.4, 0.5) is 0 Å². The van der Waals surface area contributed by atoms with E-state index in [-0.39, 0.29) is 5.91 Å². The molecule has 3 aliphatic rings. The van der Waals surface area contributed by atoms with Gasteiger partial charge in [0.05, 0.1) is 5.69 Å². The summed E-state index contributed by atoms with van der Waals surface area (Å²) in [6, 6.07) is 0. The first-order valence-electron chi connectivity index (χ1n) is 10.9. The van der Waals surface area contributed by atoms with Crippen molar-refractivity contribution in [3.8, 4) is 0 Å². The molecule has 5 heteroatoms. The highest BCUT2D eigenvalue weighted by Gasteiger charge is 2.52. The van der Waals surface area contributed by atoms with Crippen molar-refractivity contribution in [3.05, 3.63) is 11.9 Å². The molecule has 1 aromatic heterocycles. The lowest BCUT2D eigenvalue weighted by atomic mass is 9.74. The zero-order chi connectivity index (χ0) is 18.0. The monoisotopic (exact) mass is 358 g/mol. The summed E-state index contributed by atoms with van der Waals surface area (Å²) in [5, 5.41) is 8.90. The first kappa shape index (κ1) is 18.0. The maximum Gasteiger partial charge on any atom is 0.245 e. The topological polar surface area (TPSA) is 73.8 Å². The van der Waals surface area contributed by atoms with Gasteiger partial charge in [-0.2, -0.15) is 0 Å². The van der Waals surface area contributed by atoms with Crippen molar-refractivity contribution in [1.82, 2.24) is 15.0 Å². The number of hydrogen-bond donors (Lipinski definition) is 1. The lowest BCUT2D eigenvalue weighted by Gasteiger charge is -2.31. The summed E-state index contributed by atoms with van der Waals surface area (Å²) in [5.74, 6) is 1.89. The van der Waals surface area contributed by atoms with E-state index < -0.39 is 5.54 Å². The summed E-state index contributed by atoms with van der Waals surface area (Å²) >= 11 is 0. The third-order valence-corrected chi connectivity index (χ3v) is 7.34. The molecule has 3 saturated carbocycles. The van der Waals surface area contributed by atoms with Gasteiger partial charge in [-0.25, -0.2) is 4.68 Å². The number of aromatic nitrogens is 3. The lowest BCUT2D eigenvalue weighted by Crippen LogP contribution is -2.34. The van der Waals surface area contributed by atoms with E-state index in [0.29, 0.717) is 5.92 Å². The second kappa shape index (κ2) is 7.69. The van der Waals surface area contributed by atoms with E-state index in [1.165, 1.54) is 77.0 Å². The molecule has 0 radical (unpaired) electrons. The summed E-state index contributed by atoms with van der Waals surface area (Å²) in [6.45, 7) is 0. The fourth-order valence-corrected chi connectivity index (χ4v) is 5.42. The Morgan fingerprint density at radius 2 is 1.77 bits per heavy atom. The maximum atomic E-state index is 11.8. The van der Waals surface area contributed by atoms with E-state index in [1.807, 2.05) is 0 Å². The molecule has 3 aliphatic carbocycles. The highest BCUT2D eigenvalue weighted by Crippen LogP contribution is 2.44. The minimum Gasteiger partial charge on any atom is -0.368 e. The molecule has 26 heavy (non-hydrogen) atoms. The molecule has 1 atom stereocenters. The number of amides is 1. The molecule has 3 fully saturated rings. The summed E-state index contributed by atoms with van der Waals surface area (Å²) in [7, 11) is 0. The average molecular weight is 359 g/mol. The van der Waals surface area contributed by atoms with E-state index >= 15 is 0 Å². The molecule has 0 unspecified atom stereocenters. The first-order chi connectivity index (χ1) is 12.7. The maximum absolute atomic E-state index is 11.8. The van der Waals surface area contributed by atoms with Gasteiger partial charge in [-0.3, -0.25) is 4.79 Å². The normalized spacial score (nSPS) is 25.1. The molecule has 144 valence electrons. The quantitative estimate of drug-likeness (QED) is 0.790. The van der Waals surface area contributed by atoms with Crippen LogP contribution in [0.15, 0.2) is 6.20 Å². The van der Waals surface area contributed by atoms with Crippen molar-refractivity contribution < 1.29 is 4.79 Å². The molecule has 1 amide bonds. The molecule has 0 spiro atoms. The van der Waals surface area contributed by atoms with Gasteiger partial charge in [0.2, 0.25) is 5.91 Å². The summed E-state index contributed by atoms with van der Waals surface area (Å²) in [5.41, 5.74) is 6.16. The molecule has 1 heterocycles. The fourth-order valence-electron chi connectivity index (χ4n) is 5.42. The zero-order valence-electron chi connectivity index (χ0n) is 16.0. The van der Waals surface area contributed by atoms with Crippen molar-refractivity contribution in [2.24, 2.45) is 17.6 Å². The Balaban J connectivity index is 1.48. The van der Waals surface area contributed by atoms with Crippen molar-refractivity contribution >= 4 is 5.91 Å². The third kappa shape index (κ3) is 3.67. The van der Waals surface area contributed by atoms with Crippen LogP contribution in [0.25, 0.3) is 0 Å². The lowest BCUT2D eigenvalue weighted by molar-refractivity contribution is -0.122. The molecule has 5 nitrogen and oxygen atoms in total. The molecule has 0 aromatic carbocycles. The number of carbonyl (C=O) groups is 1. The van der Waals surface area contributed by atoms with Gasteiger partial charge < -0.3 is 5.73 Å². The largest absolute Gasteiger partial charge is 0.368 e.